The van der Waals surface area contributed by atoms with Gasteiger partial charge in [-0.2, -0.15) is 5.10 Å². The van der Waals surface area contributed by atoms with Crippen molar-refractivity contribution in [2.24, 2.45) is 0 Å². The van der Waals surface area contributed by atoms with Gasteiger partial charge in [0.15, 0.2) is 0 Å². The van der Waals surface area contributed by atoms with Crippen molar-refractivity contribution < 1.29 is 4.79 Å². The van der Waals surface area contributed by atoms with E-state index in [0.29, 0.717) is 18.7 Å². The molecule has 0 aliphatic carbocycles. The smallest absolute Gasteiger partial charge is 0.251 e. The summed E-state index contributed by atoms with van der Waals surface area (Å²) in [6, 6.07) is 15.7. The molecular formula is C25H27BrN4O. The summed E-state index contributed by atoms with van der Waals surface area (Å²) in [5.41, 5.74) is 5.88. The third-order valence-corrected chi connectivity index (χ3v) is 5.79. The molecule has 2 aromatic carbocycles. The van der Waals surface area contributed by atoms with Crippen LogP contribution >= 0.6 is 15.9 Å². The SMILES string of the molecule is C=C(/C=C(/NCCNC(=O)c1ccc(C)cc1)n1ncc(Br)c1C)c1ccccc1C. The van der Waals surface area contributed by atoms with Crippen molar-refractivity contribution in [3.8, 4) is 0 Å². The van der Waals surface area contributed by atoms with Crippen molar-refractivity contribution in [1.29, 1.82) is 0 Å². The molecular weight excluding hydrogens is 452 g/mol. The van der Waals surface area contributed by atoms with Gasteiger partial charge < -0.3 is 10.6 Å². The monoisotopic (exact) mass is 478 g/mol. The Morgan fingerprint density at radius 1 is 1.06 bits per heavy atom. The molecule has 0 fully saturated rings. The second kappa shape index (κ2) is 10.3. The lowest BCUT2D eigenvalue weighted by Crippen LogP contribution is -2.32. The number of nitrogens with zero attached hydrogens (tertiary/aromatic N) is 2. The molecule has 6 heteroatoms. The highest BCUT2D eigenvalue weighted by molar-refractivity contribution is 9.10. The highest BCUT2D eigenvalue weighted by Crippen LogP contribution is 2.22. The number of amides is 1. The highest BCUT2D eigenvalue weighted by atomic mass is 79.9. The van der Waals surface area contributed by atoms with Gasteiger partial charge in [0.25, 0.3) is 5.91 Å². The number of carbonyl (C=O) groups is 1. The largest absolute Gasteiger partial charge is 0.368 e. The second-order valence-electron chi connectivity index (χ2n) is 7.41. The first-order chi connectivity index (χ1) is 14.9. The lowest BCUT2D eigenvalue weighted by atomic mass is 10.0. The molecule has 0 radical (unpaired) electrons. The Morgan fingerprint density at radius 3 is 2.39 bits per heavy atom. The molecule has 1 amide bonds. The number of hydrogen-bond acceptors (Lipinski definition) is 3. The third-order valence-electron chi connectivity index (χ3n) is 5.01. The maximum absolute atomic E-state index is 12.3. The molecule has 3 rings (SSSR count). The summed E-state index contributed by atoms with van der Waals surface area (Å²) < 4.78 is 2.75. The van der Waals surface area contributed by atoms with Crippen LogP contribution in [0.3, 0.4) is 0 Å². The minimum Gasteiger partial charge on any atom is -0.368 e. The van der Waals surface area contributed by atoms with Crippen molar-refractivity contribution in [3.63, 3.8) is 0 Å². The van der Waals surface area contributed by atoms with Gasteiger partial charge >= 0.3 is 0 Å². The van der Waals surface area contributed by atoms with Gasteiger partial charge in [0.1, 0.15) is 5.82 Å². The Morgan fingerprint density at radius 2 is 1.74 bits per heavy atom. The molecule has 1 aromatic heterocycles. The molecule has 1 heterocycles. The first-order valence-corrected chi connectivity index (χ1v) is 10.9. The molecule has 0 saturated heterocycles. The van der Waals surface area contributed by atoms with Gasteiger partial charge in [-0.05, 0) is 71.6 Å². The summed E-state index contributed by atoms with van der Waals surface area (Å²) in [6.07, 6.45) is 3.75. The van der Waals surface area contributed by atoms with Gasteiger partial charge in [-0.3, -0.25) is 4.79 Å². The molecule has 0 saturated carbocycles. The summed E-state index contributed by atoms with van der Waals surface area (Å²) in [5, 5.41) is 10.8. The maximum atomic E-state index is 12.3. The highest BCUT2D eigenvalue weighted by Gasteiger charge is 2.11. The van der Waals surface area contributed by atoms with E-state index in [1.807, 2.05) is 61.0 Å². The van der Waals surface area contributed by atoms with E-state index in [1.165, 1.54) is 0 Å². The number of aryl methyl sites for hydroxylation is 2. The number of aromatic nitrogens is 2. The fourth-order valence-electron chi connectivity index (χ4n) is 3.17. The topological polar surface area (TPSA) is 58.9 Å². The predicted molar refractivity (Wildman–Crippen MR) is 131 cm³/mol. The zero-order chi connectivity index (χ0) is 22.4. The number of carbonyl (C=O) groups excluding carboxylic acids is 1. The average Bonchev–Trinajstić information content (AvgIpc) is 3.09. The quantitative estimate of drug-likeness (QED) is 0.349. The van der Waals surface area contributed by atoms with Gasteiger partial charge in [0.2, 0.25) is 0 Å². The predicted octanol–water partition coefficient (Wildman–Crippen LogP) is 5.10. The standard InChI is InChI=1S/C25H27BrN4O/c1-17-9-11-21(12-10-17)25(31)28-14-13-27-24(30-20(4)23(26)16-29-30)15-19(3)22-8-6-5-7-18(22)2/h5-12,15-16,27H,3,13-14H2,1-2,4H3,(H,28,31)/b24-15-. The summed E-state index contributed by atoms with van der Waals surface area (Å²) in [6.45, 7) is 11.3. The fraction of sp³-hybridized carbons (Fsp3) is 0.200. The first-order valence-electron chi connectivity index (χ1n) is 10.1. The number of allylic oxidation sites excluding steroid dienone is 2. The van der Waals surface area contributed by atoms with E-state index in [4.69, 9.17) is 0 Å². The van der Waals surface area contributed by atoms with Crippen molar-refractivity contribution >= 4 is 33.2 Å². The summed E-state index contributed by atoms with van der Waals surface area (Å²) in [4.78, 5) is 12.3. The van der Waals surface area contributed by atoms with E-state index in [-0.39, 0.29) is 5.91 Å². The van der Waals surface area contributed by atoms with Crippen molar-refractivity contribution in [2.45, 2.75) is 20.8 Å². The van der Waals surface area contributed by atoms with Crippen LogP contribution in [0.2, 0.25) is 0 Å². The minimum absolute atomic E-state index is 0.0883. The zero-order valence-electron chi connectivity index (χ0n) is 18.1. The molecule has 160 valence electrons. The van der Waals surface area contributed by atoms with E-state index in [2.05, 4.69) is 57.3 Å². The zero-order valence-corrected chi connectivity index (χ0v) is 19.7. The van der Waals surface area contributed by atoms with E-state index < -0.39 is 0 Å². The van der Waals surface area contributed by atoms with Crippen LogP contribution in [0.15, 0.2) is 71.9 Å². The molecule has 0 spiro atoms. The summed E-state index contributed by atoms with van der Waals surface area (Å²) in [7, 11) is 0. The van der Waals surface area contributed by atoms with Crippen LogP contribution in [-0.4, -0.2) is 28.8 Å². The Kier molecular flexibility index (Phi) is 7.47. The molecule has 2 N–H and O–H groups in total. The van der Waals surface area contributed by atoms with Crippen molar-refractivity contribution in [1.82, 2.24) is 20.4 Å². The number of nitrogens with one attached hydrogen (secondary N) is 2. The minimum atomic E-state index is -0.0883. The molecule has 0 atom stereocenters. The first kappa shape index (κ1) is 22.6. The van der Waals surface area contributed by atoms with Gasteiger partial charge in [-0.1, -0.05) is 48.5 Å². The van der Waals surface area contributed by atoms with Crippen molar-refractivity contribution in [3.05, 3.63) is 99.8 Å². The van der Waals surface area contributed by atoms with Crippen LogP contribution < -0.4 is 10.6 Å². The average molecular weight is 479 g/mol. The van der Waals surface area contributed by atoms with Gasteiger partial charge in [0, 0.05) is 18.7 Å². The van der Waals surface area contributed by atoms with E-state index >= 15 is 0 Å². The number of benzene rings is 2. The Labute approximate surface area is 192 Å². The molecule has 31 heavy (non-hydrogen) atoms. The van der Waals surface area contributed by atoms with Crippen LogP contribution in [0.5, 0.6) is 0 Å². The lowest BCUT2D eigenvalue weighted by Gasteiger charge is -2.15. The normalized spacial score (nSPS) is 11.3. The molecule has 0 unspecified atom stereocenters. The number of hydrogen-bond donors (Lipinski definition) is 2. The fourth-order valence-corrected chi connectivity index (χ4v) is 3.43. The Balaban J connectivity index is 1.71. The van der Waals surface area contributed by atoms with Gasteiger partial charge in [0.05, 0.1) is 16.4 Å². The Bertz CT molecular complexity index is 1110. The molecule has 0 aliphatic rings. The number of rotatable bonds is 8. The molecule has 5 nitrogen and oxygen atoms in total. The summed E-state index contributed by atoms with van der Waals surface area (Å²) >= 11 is 3.52. The molecule has 0 aliphatic heterocycles. The Hall–Kier alpha value is -3.12. The van der Waals surface area contributed by atoms with Crippen LogP contribution in [0.4, 0.5) is 0 Å². The second-order valence-corrected chi connectivity index (χ2v) is 8.26. The lowest BCUT2D eigenvalue weighted by molar-refractivity contribution is 0.0954. The van der Waals surface area contributed by atoms with Gasteiger partial charge in [-0.25, -0.2) is 4.68 Å². The molecule has 3 aromatic rings. The van der Waals surface area contributed by atoms with Crippen molar-refractivity contribution in [2.75, 3.05) is 13.1 Å². The van der Waals surface area contributed by atoms with E-state index in [0.717, 1.165) is 38.3 Å². The van der Waals surface area contributed by atoms with Crippen LogP contribution in [-0.2, 0) is 0 Å². The summed E-state index contributed by atoms with van der Waals surface area (Å²) in [5.74, 6) is 0.704. The van der Waals surface area contributed by atoms with Crippen LogP contribution in [0, 0.1) is 20.8 Å². The molecule has 0 bridgehead atoms. The third kappa shape index (κ3) is 5.73. The van der Waals surface area contributed by atoms with Crippen LogP contribution in [0.1, 0.15) is 32.7 Å². The van der Waals surface area contributed by atoms with Gasteiger partial charge in [-0.15, -0.1) is 0 Å². The maximum Gasteiger partial charge on any atom is 0.251 e. The van der Waals surface area contributed by atoms with E-state index in [1.54, 1.807) is 6.20 Å². The number of halogens is 1. The van der Waals surface area contributed by atoms with E-state index in [9.17, 15) is 4.79 Å². The van der Waals surface area contributed by atoms with Crippen LogP contribution in [0.25, 0.3) is 11.4 Å².